The van der Waals surface area contributed by atoms with Crippen molar-refractivity contribution in [3.05, 3.63) is 64.9 Å². The van der Waals surface area contributed by atoms with Crippen LogP contribution in [0.2, 0.25) is 0 Å². The Balaban J connectivity index is 1.79. The molecule has 4 heteroatoms. The zero-order chi connectivity index (χ0) is 21.0. The van der Waals surface area contributed by atoms with Crippen LogP contribution >= 0.6 is 0 Å². The van der Waals surface area contributed by atoms with Crippen molar-refractivity contribution < 1.29 is 9.21 Å². The second-order valence-electron chi connectivity index (χ2n) is 8.26. The smallest absolute Gasteiger partial charge is 0.255 e. The number of nitrogens with one attached hydrogen (secondary N) is 1. The third kappa shape index (κ3) is 5.27. The van der Waals surface area contributed by atoms with Gasteiger partial charge in [0.2, 0.25) is 0 Å². The lowest BCUT2D eigenvalue weighted by Crippen LogP contribution is -2.25. The number of hydrogen-bond acceptors (Lipinski definition) is 3. The summed E-state index contributed by atoms with van der Waals surface area (Å²) in [6.45, 7) is 10.6. The van der Waals surface area contributed by atoms with Gasteiger partial charge in [-0.15, -0.1) is 0 Å². The van der Waals surface area contributed by atoms with Gasteiger partial charge in [-0.25, -0.2) is 0 Å². The monoisotopic (exact) mass is 392 g/mol. The fourth-order valence-electron chi connectivity index (χ4n) is 3.81. The van der Waals surface area contributed by atoms with Crippen LogP contribution in [0.15, 0.2) is 46.9 Å². The van der Waals surface area contributed by atoms with Gasteiger partial charge in [0.15, 0.2) is 0 Å². The van der Waals surface area contributed by atoms with E-state index in [1.807, 2.05) is 49.4 Å². The Morgan fingerprint density at radius 3 is 2.69 bits per heavy atom. The number of nitrogens with zero attached hydrogens (tertiary/aromatic N) is 1. The van der Waals surface area contributed by atoms with Gasteiger partial charge in [-0.2, -0.15) is 0 Å². The lowest BCUT2D eigenvalue weighted by molar-refractivity contribution is 0.102. The molecule has 0 aliphatic heterocycles. The van der Waals surface area contributed by atoms with Crippen molar-refractivity contribution in [2.24, 2.45) is 5.92 Å². The standard InChI is InChI=1S/C25H32N2O2/c1-6-19-8-7-9-20(14-19)25(28)26-21-10-11-24-23(15-21)22(18(4)29-24)12-13-27(5)16-17(2)3/h7-11,14-15,17H,6,12-13,16H2,1-5H3,(H,26,28). The highest BCUT2D eigenvalue weighted by molar-refractivity contribution is 6.05. The first kappa shape index (κ1) is 21.1. The Labute approximate surface area is 173 Å². The maximum Gasteiger partial charge on any atom is 0.255 e. The first-order valence-electron chi connectivity index (χ1n) is 10.5. The van der Waals surface area contributed by atoms with E-state index in [-0.39, 0.29) is 5.91 Å². The first-order chi connectivity index (χ1) is 13.9. The normalized spacial score (nSPS) is 11.6. The zero-order valence-electron chi connectivity index (χ0n) is 18.2. The van der Waals surface area contributed by atoms with Gasteiger partial charge in [-0.1, -0.05) is 32.9 Å². The summed E-state index contributed by atoms with van der Waals surface area (Å²) in [6.07, 6.45) is 1.84. The van der Waals surface area contributed by atoms with Crippen molar-refractivity contribution in [1.29, 1.82) is 0 Å². The van der Waals surface area contributed by atoms with E-state index in [0.717, 1.165) is 53.9 Å². The number of likely N-dealkylation sites (N-methyl/N-ethyl adjacent to an activating group) is 1. The molecule has 0 aliphatic carbocycles. The summed E-state index contributed by atoms with van der Waals surface area (Å²) in [6, 6.07) is 13.7. The van der Waals surface area contributed by atoms with Gasteiger partial charge in [-0.05, 0) is 68.6 Å². The fourth-order valence-corrected chi connectivity index (χ4v) is 3.81. The van der Waals surface area contributed by atoms with Crippen molar-refractivity contribution >= 4 is 22.6 Å². The number of carbonyl (C=O) groups excluding carboxylic acids is 1. The summed E-state index contributed by atoms with van der Waals surface area (Å²) in [5.41, 5.74) is 4.73. The highest BCUT2D eigenvalue weighted by atomic mass is 16.3. The number of rotatable bonds is 8. The third-order valence-corrected chi connectivity index (χ3v) is 5.27. The minimum absolute atomic E-state index is 0.0851. The van der Waals surface area contributed by atoms with Gasteiger partial charge >= 0.3 is 0 Å². The van der Waals surface area contributed by atoms with Gasteiger partial charge < -0.3 is 14.6 Å². The summed E-state index contributed by atoms with van der Waals surface area (Å²) in [5.74, 6) is 1.52. The average molecular weight is 393 g/mol. The maximum absolute atomic E-state index is 12.7. The molecule has 0 bridgehead atoms. The van der Waals surface area contributed by atoms with Gasteiger partial charge in [0.25, 0.3) is 5.91 Å². The highest BCUT2D eigenvalue weighted by Crippen LogP contribution is 2.29. The van der Waals surface area contributed by atoms with Crippen LogP contribution in [0.4, 0.5) is 5.69 Å². The van der Waals surface area contributed by atoms with Crippen LogP contribution in [0.3, 0.4) is 0 Å². The molecule has 4 nitrogen and oxygen atoms in total. The summed E-state index contributed by atoms with van der Waals surface area (Å²) in [5, 5.41) is 4.12. The molecule has 0 fully saturated rings. The Bertz CT molecular complexity index is 988. The number of anilines is 1. The van der Waals surface area contributed by atoms with Crippen LogP contribution in [0.5, 0.6) is 0 Å². The quantitative estimate of drug-likeness (QED) is 0.536. The average Bonchev–Trinajstić information content (AvgIpc) is 3.00. The fraction of sp³-hybridized carbons (Fsp3) is 0.400. The minimum Gasteiger partial charge on any atom is -0.461 e. The van der Waals surface area contributed by atoms with Crippen LogP contribution < -0.4 is 5.32 Å². The predicted octanol–water partition coefficient (Wildman–Crippen LogP) is 5.69. The summed E-state index contributed by atoms with van der Waals surface area (Å²) in [4.78, 5) is 15.0. The topological polar surface area (TPSA) is 45.5 Å². The van der Waals surface area contributed by atoms with Gasteiger partial charge in [0.05, 0.1) is 0 Å². The summed E-state index contributed by atoms with van der Waals surface area (Å²) in [7, 11) is 2.16. The van der Waals surface area contributed by atoms with E-state index in [2.05, 4.69) is 38.0 Å². The molecule has 1 heterocycles. The van der Waals surface area contributed by atoms with Gasteiger partial charge in [0.1, 0.15) is 11.3 Å². The second kappa shape index (κ2) is 9.27. The molecular weight excluding hydrogens is 360 g/mol. The largest absolute Gasteiger partial charge is 0.461 e. The molecule has 0 atom stereocenters. The Kier molecular flexibility index (Phi) is 6.75. The minimum atomic E-state index is -0.0851. The highest BCUT2D eigenvalue weighted by Gasteiger charge is 2.14. The van der Waals surface area contributed by atoms with Crippen molar-refractivity contribution in [2.75, 3.05) is 25.5 Å². The molecule has 0 saturated heterocycles. The SMILES string of the molecule is CCc1cccc(C(=O)Nc2ccc3oc(C)c(CCN(C)CC(C)C)c3c2)c1. The molecule has 0 aliphatic rings. The molecule has 0 spiro atoms. The molecule has 154 valence electrons. The number of fused-ring (bicyclic) bond motifs is 1. The molecule has 3 rings (SSSR count). The van der Waals surface area contributed by atoms with E-state index in [9.17, 15) is 4.79 Å². The lowest BCUT2D eigenvalue weighted by atomic mass is 10.1. The second-order valence-corrected chi connectivity index (χ2v) is 8.26. The summed E-state index contributed by atoms with van der Waals surface area (Å²) < 4.78 is 5.96. The lowest BCUT2D eigenvalue weighted by Gasteiger charge is -2.18. The van der Waals surface area contributed by atoms with Crippen molar-refractivity contribution in [1.82, 2.24) is 4.90 Å². The number of hydrogen-bond donors (Lipinski definition) is 1. The van der Waals surface area contributed by atoms with Crippen LogP contribution in [0.1, 0.15) is 48.0 Å². The molecule has 1 N–H and O–H groups in total. The zero-order valence-corrected chi connectivity index (χ0v) is 18.2. The van der Waals surface area contributed by atoms with E-state index < -0.39 is 0 Å². The van der Waals surface area contributed by atoms with E-state index in [1.165, 1.54) is 5.56 Å². The van der Waals surface area contributed by atoms with Crippen molar-refractivity contribution in [2.45, 2.75) is 40.5 Å². The van der Waals surface area contributed by atoms with Crippen molar-refractivity contribution in [3.63, 3.8) is 0 Å². The third-order valence-electron chi connectivity index (χ3n) is 5.27. The maximum atomic E-state index is 12.7. The van der Waals surface area contributed by atoms with E-state index in [4.69, 9.17) is 4.42 Å². The van der Waals surface area contributed by atoms with Crippen LogP contribution in [0.25, 0.3) is 11.0 Å². The predicted molar refractivity (Wildman–Crippen MR) is 121 cm³/mol. The molecule has 0 radical (unpaired) electrons. The molecule has 0 saturated carbocycles. The molecule has 3 aromatic rings. The van der Waals surface area contributed by atoms with Crippen LogP contribution in [-0.4, -0.2) is 30.9 Å². The number of benzene rings is 2. The molecule has 1 amide bonds. The molecule has 0 unspecified atom stereocenters. The summed E-state index contributed by atoms with van der Waals surface area (Å²) >= 11 is 0. The number of carbonyl (C=O) groups is 1. The Morgan fingerprint density at radius 1 is 1.17 bits per heavy atom. The number of furan rings is 1. The molecule has 29 heavy (non-hydrogen) atoms. The molecule has 2 aromatic carbocycles. The molecule has 1 aromatic heterocycles. The Hall–Kier alpha value is -2.59. The van der Waals surface area contributed by atoms with Gasteiger partial charge in [-0.3, -0.25) is 4.79 Å². The first-order valence-corrected chi connectivity index (χ1v) is 10.5. The molecular formula is C25H32N2O2. The van der Waals surface area contributed by atoms with E-state index in [1.54, 1.807) is 0 Å². The number of aryl methyl sites for hydroxylation is 2. The van der Waals surface area contributed by atoms with Crippen LogP contribution in [0, 0.1) is 12.8 Å². The van der Waals surface area contributed by atoms with Crippen LogP contribution in [-0.2, 0) is 12.8 Å². The Morgan fingerprint density at radius 2 is 1.97 bits per heavy atom. The van der Waals surface area contributed by atoms with E-state index >= 15 is 0 Å². The number of amides is 1. The van der Waals surface area contributed by atoms with E-state index in [0.29, 0.717) is 11.5 Å². The van der Waals surface area contributed by atoms with Crippen molar-refractivity contribution in [3.8, 4) is 0 Å². The van der Waals surface area contributed by atoms with Gasteiger partial charge in [0, 0.05) is 35.3 Å².